The summed E-state index contributed by atoms with van der Waals surface area (Å²) < 4.78 is 17.5. The SMILES string of the molecule is COC(=O)c1cnc(NC(=O)/C=C/c2cccc(F)c2)s1. The summed E-state index contributed by atoms with van der Waals surface area (Å²) >= 11 is 1.01. The molecule has 0 spiro atoms. The van der Waals surface area contributed by atoms with E-state index in [0.717, 1.165) is 11.3 Å². The van der Waals surface area contributed by atoms with Gasteiger partial charge in [-0.1, -0.05) is 23.5 Å². The molecular weight excluding hydrogens is 295 g/mol. The number of aromatic nitrogens is 1. The van der Waals surface area contributed by atoms with Crippen LogP contribution in [0.1, 0.15) is 15.2 Å². The Morgan fingerprint density at radius 2 is 2.24 bits per heavy atom. The molecule has 1 aromatic carbocycles. The molecule has 1 amide bonds. The molecule has 0 aliphatic heterocycles. The molecule has 0 aliphatic rings. The molecule has 0 unspecified atom stereocenters. The third kappa shape index (κ3) is 4.22. The van der Waals surface area contributed by atoms with Crippen LogP contribution in [0.5, 0.6) is 0 Å². The molecule has 2 aromatic rings. The molecule has 0 fully saturated rings. The van der Waals surface area contributed by atoms with Gasteiger partial charge in [0.15, 0.2) is 5.13 Å². The zero-order chi connectivity index (χ0) is 15.2. The third-order valence-corrected chi connectivity index (χ3v) is 3.29. The molecule has 7 heteroatoms. The van der Waals surface area contributed by atoms with Crippen LogP contribution < -0.4 is 5.32 Å². The number of rotatable bonds is 4. The second-order valence-corrected chi connectivity index (χ2v) is 4.93. The Bertz CT molecular complexity index is 697. The summed E-state index contributed by atoms with van der Waals surface area (Å²) in [4.78, 5) is 27.1. The standard InChI is InChI=1S/C14H11FN2O3S/c1-20-13(19)11-8-16-14(21-11)17-12(18)6-5-9-3-2-4-10(15)7-9/h2-8H,1H3,(H,16,17,18)/b6-5+. The number of halogens is 1. The molecule has 5 nitrogen and oxygen atoms in total. The molecule has 108 valence electrons. The van der Waals surface area contributed by atoms with Gasteiger partial charge in [-0.05, 0) is 23.8 Å². The first-order valence-corrected chi connectivity index (χ1v) is 6.69. The van der Waals surface area contributed by atoms with E-state index in [1.54, 1.807) is 12.1 Å². The van der Waals surface area contributed by atoms with Gasteiger partial charge in [0.2, 0.25) is 5.91 Å². The third-order valence-electron chi connectivity index (χ3n) is 2.40. The number of methoxy groups -OCH3 is 1. The van der Waals surface area contributed by atoms with Gasteiger partial charge in [0, 0.05) is 6.08 Å². The number of anilines is 1. The first kappa shape index (κ1) is 14.9. The first-order valence-electron chi connectivity index (χ1n) is 5.87. The molecule has 21 heavy (non-hydrogen) atoms. The minimum Gasteiger partial charge on any atom is -0.465 e. The molecule has 1 N–H and O–H groups in total. The summed E-state index contributed by atoms with van der Waals surface area (Å²) in [6.07, 6.45) is 4.06. The number of hydrogen-bond donors (Lipinski definition) is 1. The lowest BCUT2D eigenvalue weighted by atomic mass is 10.2. The highest BCUT2D eigenvalue weighted by atomic mass is 32.1. The molecule has 1 heterocycles. The molecule has 2 rings (SSSR count). The Balaban J connectivity index is 1.98. The minimum absolute atomic E-state index is 0.282. The van der Waals surface area contributed by atoms with Crippen molar-refractivity contribution < 1.29 is 18.7 Å². The molecule has 0 saturated heterocycles. The fourth-order valence-electron chi connectivity index (χ4n) is 1.46. The normalized spacial score (nSPS) is 10.6. The van der Waals surface area contributed by atoms with Crippen LogP contribution in [0, 0.1) is 5.82 Å². The molecule has 0 saturated carbocycles. The Morgan fingerprint density at radius 3 is 2.95 bits per heavy atom. The molecule has 1 aromatic heterocycles. The van der Waals surface area contributed by atoms with E-state index < -0.39 is 11.9 Å². The topological polar surface area (TPSA) is 68.3 Å². The zero-order valence-corrected chi connectivity index (χ0v) is 11.8. The molecule has 0 bridgehead atoms. The number of carbonyl (C=O) groups is 2. The van der Waals surface area contributed by atoms with E-state index in [1.807, 2.05) is 0 Å². The van der Waals surface area contributed by atoms with Gasteiger partial charge in [0.1, 0.15) is 10.7 Å². The highest BCUT2D eigenvalue weighted by Gasteiger charge is 2.11. The van der Waals surface area contributed by atoms with Gasteiger partial charge in [-0.2, -0.15) is 0 Å². The Morgan fingerprint density at radius 1 is 1.43 bits per heavy atom. The van der Waals surface area contributed by atoms with Crippen molar-refractivity contribution in [2.45, 2.75) is 0 Å². The van der Waals surface area contributed by atoms with Crippen LogP contribution in [0.25, 0.3) is 6.08 Å². The average molecular weight is 306 g/mol. The van der Waals surface area contributed by atoms with Gasteiger partial charge in [0.25, 0.3) is 0 Å². The number of ether oxygens (including phenoxy) is 1. The summed E-state index contributed by atoms with van der Waals surface area (Å²) in [5.41, 5.74) is 0.569. The van der Waals surface area contributed by atoms with E-state index in [1.165, 1.54) is 37.6 Å². The Kier molecular flexibility index (Phi) is 4.78. The number of nitrogens with one attached hydrogen (secondary N) is 1. The van der Waals surface area contributed by atoms with Crippen LogP contribution in [0.2, 0.25) is 0 Å². The summed E-state index contributed by atoms with van der Waals surface area (Å²) in [7, 11) is 1.27. The number of esters is 1. The van der Waals surface area contributed by atoms with Crippen molar-refractivity contribution >= 4 is 34.4 Å². The molecule has 0 aliphatic carbocycles. The average Bonchev–Trinajstić information content (AvgIpc) is 2.93. The molecule has 0 atom stereocenters. The van der Waals surface area contributed by atoms with Crippen LogP contribution in [0.15, 0.2) is 36.5 Å². The summed E-state index contributed by atoms with van der Waals surface area (Å²) in [5.74, 6) is -1.31. The number of carbonyl (C=O) groups excluding carboxylic acids is 2. The molecule has 0 radical (unpaired) electrons. The lowest BCUT2D eigenvalue weighted by molar-refractivity contribution is -0.111. The number of benzene rings is 1. The second kappa shape index (κ2) is 6.76. The van der Waals surface area contributed by atoms with Crippen molar-refractivity contribution in [2.24, 2.45) is 0 Å². The maximum atomic E-state index is 13.0. The largest absolute Gasteiger partial charge is 0.465 e. The fraction of sp³-hybridized carbons (Fsp3) is 0.0714. The predicted molar refractivity (Wildman–Crippen MR) is 77.5 cm³/mol. The lowest BCUT2D eigenvalue weighted by Crippen LogP contribution is -2.07. The molecular formula is C14H11FN2O3S. The summed E-state index contributed by atoms with van der Waals surface area (Å²) in [6, 6.07) is 5.85. The highest BCUT2D eigenvalue weighted by molar-refractivity contribution is 7.17. The van der Waals surface area contributed by atoms with Gasteiger partial charge < -0.3 is 4.74 Å². The van der Waals surface area contributed by atoms with Gasteiger partial charge in [-0.3, -0.25) is 10.1 Å². The van der Waals surface area contributed by atoms with Gasteiger partial charge in [-0.25, -0.2) is 14.2 Å². The van der Waals surface area contributed by atoms with Gasteiger partial charge in [-0.15, -0.1) is 0 Å². The van der Waals surface area contributed by atoms with E-state index >= 15 is 0 Å². The van der Waals surface area contributed by atoms with Crippen LogP contribution in [0.4, 0.5) is 9.52 Å². The number of nitrogens with zero attached hydrogens (tertiary/aromatic N) is 1. The van der Waals surface area contributed by atoms with Crippen molar-refractivity contribution in [2.75, 3.05) is 12.4 Å². The quantitative estimate of drug-likeness (QED) is 0.696. The van der Waals surface area contributed by atoms with Crippen molar-refractivity contribution in [1.29, 1.82) is 0 Å². The van der Waals surface area contributed by atoms with Crippen LogP contribution in [-0.4, -0.2) is 24.0 Å². The maximum absolute atomic E-state index is 13.0. The van der Waals surface area contributed by atoms with E-state index in [4.69, 9.17) is 0 Å². The van der Waals surface area contributed by atoms with E-state index in [9.17, 15) is 14.0 Å². The van der Waals surface area contributed by atoms with Gasteiger partial charge in [0.05, 0.1) is 13.3 Å². The van der Waals surface area contributed by atoms with Crippen molar-refractivity contribution in [1.82, 2.24) is 4.98 Å². The number of thiazole rings is 1. The Hall–Kier alpha value is -2.54. The summed E-state index contributed by atoms with van der Waals surface area (Å²) in [6.45, 7) is 0. The number of amides is 1. The van der Waals surface area contributed by atoms with Gasteiger partial charge >= 0.3 is 5.97 Å². The first-order chi connectivity index (χ1) is 10.1. The van der Waals surface area contributed by atoms with Crippen LogP contribution in [0.3, 0.4) is 0 Å². The minimum atomic E-state index is -0.511. The van der Waals surface area contributed by atoms with Crippen molar-refractivity contribution in [3.63, 3.8) is 0 Å². The van der Waals surface area contributed by atoms with E-state index in [-0.39, 0.29) is 10.9 Å². The van der Waals surface area contributed by atoms with E-state index in [2.05, 4.69) is 15.0 Å². The predicted octanol–water partition coefficient (Wildman–Crippen LogP) is 2.72. The fourth-order valence-corrected chi connectivity index (χ4v) is 2.19. The monoisotopic (exact) mass is 306 g/mol. The highest BCUT2D eigenvalue weighted by Crippen LogP contribution is 2.18. The van der Waals surface area contributed by atoms with E-state index in [0.29, 0.717) is 10.4 Å². The lowest BCUT2D eigenvalue weighted by Gasteiger charge is -1.96. The smallest absolute Gasteiger partial charge is 0.349 e. The Labute approximate surface area is 124 Å². The second-order valence-electron chi connectivity index (χ2n) is 3.90. The number of hydrogen-bond acceptors (Lipinski definition) is 5. The summed E-state index contributed by atoms with van der Waals surface area (Å²) in [5, 5.41) is 2.79. The zero-order valence-electron chi connectivity index (χ0n) is 11.0. The van der Waals surface area contributed by atoms with Crippen molar-refractivity contribution in [3.05, 3.63) is 52.8 Å². The van der Waals surface area contributed by atoms with Crippen LogP contribution >= 0.6 is 11.3 Å². The van der Waals surface area contributed by atoms with Crippen LogP contribution in [-0.2, 0) is 9.53 Å². The maximum Gasteiger partial charge on any atom is 0.349 e. The van der Waals surface area contributed by atoms with Crippen molar-refractivity contribution in [3.8, 4) is 0 Å².